The van der Waals surface area contributed by atoms with E-state index in [9.17, 15) is 0 Å². The Morgan fingerprint density at radius 2 is 2.06 bits per heavy atom. The topological polar surface area (TPSA) is 71.7 Å². The lowest BCUT2D eigenvalue weighted by Gasteiger charge is -2.40. The summed E-state index contributed by atoms with van der Waals surface area (Å²) in [6, 6.07) is 12.5. The van der Waals surface area contributed by atoms with Gasteiger partial charge >= 0.3 is 0 Å². The number of nitrogens with one attached hydrogen (secondary N) is 2. The van der Waals surface area contributed by atoms with Gasteiger partial charge in [-0.15, -0.1) is 35.3 Å². The molecule has 1 atom stereocenters. The monoisotopic (exact) mass is 550 g/mol. The van der Waals surface area contributed by atoms with Gasteiger partial charge in [-0.3, -0.25) is 4.99 Å². The van der Waals surface area contributed by atoms with Crippen molar-refractivity contribution in [2.75, 3.05) is 7.05 Å². The summed E-state index contributed by atoms with van der Waals surface area (Å²) in [5.74, 6) is 2.41. The summed E-state index contributed by atoms with van der Waals surface area (Å²) in [5, 5.41) is 9.02. The average molecular weight is 550 g/mol. The molecule has 1 saturated carbocycles. The fourth-order valence-electron chi connectivity index (χ4n) is 4.51. The summed E-state index contributed by atoms with van der Waals surface area (Å²) in [4.78, 5) is 10.0. The fraction of sp³-hybridized carbons (Fsp3) is 0.391. The van der Waals surface area contributed by atoms with Crippen LogP contribution in [0.25, 0.3) is 10.8 Å². The van der Waals surface area contributed by atoms with Crippen LogP contribution < -0.4 is 15.4 Å². The number of aromatic nitrogens is 1. The van der Waals surface area contributed by atoms with Gasteiger partial charge in [-0.05, 0) is 43.2 Å². The molecule has 6 nitrogen and oxygen atoms in total. The highest BCUT2D eigenvalue weighted by Gasteiger charge is 2.43. The van der Waals surface area contributed by atoms with Gasteiger partial charge in [0.2, 0.25) is 5.89 Å². The summed E-state index contributed by atoms with van der Waals surface area (Å²) in [7, 11) is 1.80. The van der Waals surface area contributed by atoms with Gasteiger partial charge in [0.1, 0.15) is 17.6 Å². The van der Waals surface area contributed by atoms with Crippen LogP contribution in [0.1, 0.15) is 49.4 Å². The molecule has 5 rings (SSSR count). The molecule has 0 saturated heterocycles. The van der Waals surface area contributed by atoms with Crippen molar-refractivity contribution in [3.63, 3.8) is 0 Å². The lowest BCUT2D eigenvalue weighted by Crippen LogP contribution is -2.46. The van der Waals surface area contributed by atoms with E-state index in [0.29, 0.717) is 12.4 Å². The first-order chi connectivity index (χ1) is 14.7. The smallest absolute Gasteiger partial charge is 0.236 e. The first kappa shape index (κ1) is 22.1. The highest BCUT2D eigenvalue weighted by atomic mass is 127. The zero-order valence-corrected chi connectivity index (χ0v) is 20.6. The number of para-hydroxylation sites is 1. The van der Waals surface area contributed by atoms with Crippen molar-refractivity contribution in [2.24, 2.45) is 4.99 Å². The van der Waals surface area contributed by atoms with E-state index in [2.05, 4.69) is 38.8 Å². The van der Waals surface area contributed by atoms with Gasteiger partial charge in [-0.25, -0.2) is 4.98 Å². The van der Waals surface area contributed by atoms with Gasteiger partial charge in [0.15, 0.2) is 5.96 Å². The van der Waals surface area contributed by atoms with Crippen molar-refractivity contribution >= 4 is 41.3 Å². The molecule has 1 spiro atoms. The number of hydrogen-bond acceptors (Lipinski definition) is 5. The normalized spacial score (nSPS) is 19.4. The summed E-state index contributed by atoms with van der Waals surface area (Å²) in [6.07, 6.45) is 7.37. The zero-order chi connectivity index (χ0) is 20.4. The fourth-order valence-corrected chi connectivity index (χ4v) is 5.16. The summed E-state index contributed by atoms with van der Waals surface area (Å²) in [5.41, 5.74) is 1.99. The summed E-state index contributed by atoms with van der Waals surface area (Å²) >= 11 is 1.62. The van der Waals surface area contributed by atoms with Crippen LogP contribution in [0.4, 0.5) is 0 Å². The number of oxazole rings is 1. The van der Waals surface area contributed by atoms with Crippen LogP contribution in [0.2, 0.25) is 0 Å². The van der Waals surface area contributed by atoms with Gasteiger partial charge in [-0.2, -0.15) is 0 Å². The number of ether oxygens (including phenoxy) is 1. The number of fused-ring (bicyclic) bond motifs is 1. The van der Waals surface area contributed by atoms with Crippen LogP contribution in [0.5, 0.6) is 5.75 Å². The van der Waals surface area contributed by atoms with Crippen LogP contribution in [-0.4, -0.2) is 23.6 Å². The largest absolute Gasteiger partial charge is 0.487 e. The number of aliphatic imine (C=N–C) groups is 1. The van der Waals surface area contributed by atoms with Crippen LogP contribution in [0.3, 0.4) is 0 Å². The standard InChI is InChI=1S/C23H26N4O2S.HI/c1-24-22(25-14-16-15-28-21(26-16)20-9-6-12-30-20)27-18-13-23(10-4-5-11-23)29-19-8-3-2-7-17(18)19;/h2-3,6-9,12,15,18H,4-5,10-11,13-14H2,1H3,(H2,24,25,27);1H. The Balaban J connectivity index is 0.00000231. The Hall–Kier alpha value is -2.07. The maximum Gasteiger partial charge on any atom is 0.236 e. The molecular weight excluding hydrogens is 523 g/mol. The third kappa shape index (κ3) is 4.74. The first-order valence-corrected chi connectivity index (χ1v) is 11.4. The molecule has 3 aromatic rings. The number of thiophene rings is 1. The zero-order valence-electron chi connectivity index (χ0n) is 17.5. The molecule has 2 N–H and O–H groups in total. The number of halogens is 1. The molecule has 1 aliphatic heterocycles. The highest BCUT2D eigenvalue weighted by Crippen LogP contribution is 2.46. The molecule has 0 radical (unpaired) electrons. The average Bonchev–Trinajstić information content (AvgIpc) is 3.53. The van der Waals surface area contributed by atoms with Crippen LogP contribution in [0, 0.1) is 0 Å². The van der Waals surface area contributed by atoms with Gasteiger partial charge in [0.05, 0.1) is 23.2 Å². The third-order valence-corrected chi connectivity index (χ3v) is 6.82. The second-order valence-electron chi connectivity index (χ2n) is 7.98. The quantitative estimate of drug-likeness (QED) is 0.254. The van der Waals surface area contributed by atoms with Crippen LogP contribution >= 0.6 is 35.3 Å². The van der Waals surface area contributed by atoms with Gasteiger partial charge in [-0.1, -0.05) is 24.3 Å². The second kappa shape index (κ2) is 9.60. The Morgan fingerprint density at radius 1 is 1.23 bits per heavy atom. The third-order valence-electron chi connectivity index (χ3n) is 5.97. The van der Waals surface area contributed by atoms with E-state index in [-0.39, 0.29) is 35.6 Å². The van der Waals surface area contributed by atoms with Crippen molar-refractivity contribution in [1.29, 1.82) is 0 Å². The van der Waals surface area contributed by atoms with Crippen molar-refractivity contribution < 1.29 is 9.15 Å². The minimum absolute atomic E-state index is 0. The van der Waals surface area contributed by atoms with Crippen molar-refractivity contribution in [3.8, 4) is 16.5 Å². The predicted molar refractivity (Wildman–Crippen MR) is 134 cm³/mol. The first-order valence-electron chi connectivity index (χ1n) is 10.5. The van der Waals surface area contributed by atoms with Crippen LogP contribution in [0.15, 0.2) is 57.5 Å². The molecule has 1 fully saturated rings. The maximum atomic E-state index is 6.47. The molecule has 1 aliphatic carbocycles. The Labute approximate surface area is 203 Å². The lowest BCUT2D eigenvalue weighted by atomic mass is 9.86. The number of nitrogens with zero attached hydrogens (tertiary/aromatic N) is 2. The summed E-state index contributed by atoms with van der Waals surface area (Å²) in [6.45, 7) is 0.546. The van der Waals surface area contributed by atoms with E-state index in [4.69, 9.17) is 9.15 Å². The van der Waals surface area contributed by atoms with Crippen molar-refractivity contribution in [3.05, 3.63) is 59.3 Å². The summed E-state index contributed by atoms with van der Waals surface area (Å²) < 4.78 is 12.1. The van der Waals surface area contributed by atoms with E-state index in [0.717, 1.165) is 41.5 Å². The molecule has 164 valence electrons. The Kier molecular flexibility index (Phi) is 6.86. The molecule has 1 aromatic carbocycles. The van der Waals surface area contributed by atoms with Crippen LogP contribution in [-0.2, 0) is 6.54 Å². The molecule has 2 aliphatic rings. The molecule has 2 aromatic heterocycles. The molecule has 1 unspecified atom stereocenters. The number of hydrogen-bond donors (Lipinski definition) is 2. The predicted octanol–water partition coefficient (Wildman–Crippen LogP) is 5.52. The highest BCUT2D eigenvalue weighted by molar-refractivity contribution is 14.0. The number of rotatable bonds is 4. The maximum absolute atomic E-state index is 6.47. The van der Waals surface area contributed by atoms with E-state index >= 15 is 0 Å². The molecule has 31 heavy (non-hydrogen) atoms. The van der Waals surface area contributed by atoms with Crippen molar-refractivity contribution in [2.45, 2.75) is 50.3 Å². The van der Waals surface area contributed by atoms with Gasteiger partial charge in [0, 0.05) is 19.0 Å². The van der Waals surface area contributed by atoms with Crippen molar-refractivity contribution in [1.82, 2.24) is 15.6 Å². The van der Waals surface area contributed by atoms with E-state index in [1.165, 1.54) is 18.4 Å². The Bertz CT molecular complexity index is 1030. The molecule has 0 amide bonds. The number of benzene rings is 1. The molecule has 0 bridgehead atoms. The van der Waals surface area contributed by atoms with E-state index in [1.807, 2.05) is 23.6 Å². The lowest BCUT2D eigenvalue weighted by molar-refractivity contribution is 0.0396. The Morgan fingerprint density at radius 3 is 2.84 bits per heavy atom. The molecule has 3 heterocycles. The minimum Gasteiger partial charge on any atom is -0.487 e. The van der Waals surface area contributed by atoms with Gasteiger partial charge in [0.25, 0.3) is 0 Å². The van der Waals surface area contributed by atoms with E-state index in [1.54, 1.807) is 24.6 Å². The second-order valence-corrected chi connectivity index (χ2v) is 8.93. The molecule has 8 heteroatoms. The van der Waals surface area contributed by atoms with Gasteiger partial charge < -0.3 is 19.8 Å². The SMILES string of the molecule is CN=C(NCc1coc(-c2cccs2)n1)NC1CC2(CCCC2)Oc2ccccc21.I. The van der Waals surface area contributed by atoms with E-state index < -0.39 is 0 Å². The molecular formula is C23H27IN4O2S. The number of guanidine groups is 1. The minimum atomic E-state index is -0.0490.